The third kappa shape index (κ3) is 4.45. The first-order chi connectivity index (χ1) is 13.2. The minimum Gasteiger partial charge on any atom is -0.354 e. The standard InChI is InChI=1S/C21H25FN4O/c22-19-6-2-1-5-17(19)15-26(18-8-9-18)21(27)16-24-11-13-25(14-12-24)20-7-3-4-10-23-20/h1-7,10,18H,8-9,11-16H2. The number of hydrogen-bond acceptors (Lipinski definition) is 4. The van der Waals surface area contributed by atoms with E-state index in [9.17, 15) is 9.18 Å². The summed E-state index contributed by atoms with van der Waals surface area (Å²) in [6.07, 6.45) is 3.85. The zero-order chi connectivity index (χ0) is 18.6. The lowest BCUT2D eigenvalue weighted by Crippen LogP contribution is -2.50. The molecule has 2 fully saturated rings. The Labute approximate surface area is 159 Å². The van der Waals surface area contributed by atoms with Crippen LogP contribution in [0.3, 0.4) is 0 Å². The fraction of sp³-hybridized carbons (Fsp3) is 0.429. The summed E-state index contributed by atoms with van der Waals surface area (Å²) in [5, 5.41) is 0. The van der Waals surface area contributed by atoms with Crippen molar-refractivity contribution in [3.63, 3.8) is 0 Å². The van der Waals surface area contributed by atoms with Crippen LogP contribution in [0.1, 0.15) is 18.4 Å². The Morgan fingerprint density at radius 2 is 1.81 bits per heavy atom. The highest BCUT2D eigenvalue weighted by atomic mass is 19.1. The van der Waals surface area contributed by atoms with Crippen LogP contribution in [0.15, 0.2) is 48.7 Å². The van der Waals surface area contributed by atoms with Crippen molar-refractivity contribution in [3.8, 4) is 0 Å². The number of anilines is 1. The van der Waals surface area contributed by atoms with Gasteiger partial charge in [-0.3, -0.25) is 9.69 Å². The van der Waals surface area contributed by atoms with E-state index in [0.717, 1.165) is 44.8 Å². The van der Waals surface area contributed by atoms with Gasteiger partial charge in [0, 0.05) is 50.5 Å². The van der Waals surface area contributed by atoms with E-state index in [2.05, 4.69) is 14.8 Å². The Bertz CT molecular complexity index is 773. The van der Waals surface area contributed by atoms with Crippen LogP contribution in [-0.4, -0.2) is 59.5 Å². The van der Waals surface area contributed by atoms with Gasteiger partial charge in [0.1, 0.15) is 11.6 Å². The summed E-state index contributed by atoms with van der Waals surface area (Å²) in [5.41, 5.74) is 0.595. The Balaban J connectivity index is 1.33. The molecule has 2 aliphatic rings. The number of piperazine rings is 1. The van der Waals surface area contributed by atoms with Crippen LogP contribution < -0.4 is 4.90 Å². The van der Waals surface area contributed by atoms with E-state index in [4.69, 9.17) is 0 Å². The van der Waals surface area contributed by atoms with E-state index >= 15 is 0 Å². The SMILES string of the molecule is O=C(CN1CCN(c2ccccn2)CC1)N(Cc1ccccc1F)C1CC1. The lowest BCUT2D eigenvalue weighted by atomic mass is 10.2. The summed E-state index contributed by atoms with van der Waals surface area (Å²) in [6, 6.07) is 12.9. The zero-order valence-electron chi connectivity index (χ0n) is 15.4. The number of nitrogens with zero attached hydrogens (tertiary/aromatic N) is 4. The Kier molecular flexibility index (Phi) is 5.34. The molecule has 2 aromatic rings. The number of halogens is 1. The lowest BCUT2D eigenvalue weighted by Gasteiger charge is -2.36. The number of pyridine rings is 1. The predicted molar refractivity (Wildman–Crippen MR) is 103 cm³/mol. The number of benzene rings is 1. The molecule has 142 valence electrons. The van der Waals surface area contributed by atoms with Crippen molar-refractivity contribution in [1.29, 1.82) is 0 Å². The van der Waals surface area contributed by atoms with E-state index in [1.54, 1.807) is 12.1 Å². The molecule has 4 rings (SSSR count). The summed E-state index contributed by atoms with van der Waals surface area (Å²) in [5.74, 6) is 0.856. The minimum atomic E-state index is -0.236. The van der Waals surface area contributed by atoms with Gasteiger partial charge in [-0.15, -0.1) is 0 Å². The van der Waals surface area contributed by atoms with E-state index in [1.165, 1.54) is 6.07 Å². The molecule has 1 amide bonds. The van der Waals surface area contributed by atoms with Crippen molar-refractivity contribution in [2.24, 2.45) is 0 Å². The lowest BCUT2D eigenvalue weighted by molar-refractivity contribution is -0.133. The third-order valence-corrected chi connectivity index (χ3v) is 5.31. The van der Waals surface area contributed by atoms with Crippen LogP contribution in [0.4, 0.5) is 10.2 Å². The molecule has 0 spiro atoms. The second-order valence-electron chi connectivity index (χ2n) is 7.30. The van der Waals surface area contributed by atoms with Gasteiger partial charge in [-0.2, -0.15) is 0 Å². The molecule has 27 heavy (non-hydrogen) atoms. The maximum atomic E-state index is 14.0. The number of carbonyl (C=O) groups excluding carboxylic acids is 1. The smallest absolute Gasteiger partial charge is 0.237 e. The summed E-state index contributed by atoms with van der Waals surface area (Å²) >= 11 is 0. The monoisotopic (exact) mass is 368 g/mol. The van der Waals surface area contributed by atoms with Crippen LogP contribution >= 0.6 is 0 Å². The average molecular weight is 368 g/mol. The normalized spacial score (nSPS) is 17.7. The first-order valence-corrected chi connectivity index (χ1v) is 9.62. The number of rotatable bonds is 6. The molecule has 6 heteroatoms. The van der Waals surface area contributed by atoms with Crippen molar-refractivity contribution < 1.29 is 9.18 Å². The fourth-order valence-electron chi connectivity index (χ4n) is 3.58. The number of aromatic nitrogens is 1. The van der Waals surface area contributed by atoms with Crippen LogP contribution in [0.2, 0.25) is 0 Å². The van der Waals surface area contributed by atoms with Crippen LogP contribution in [0, 0.1) is 5.82 Å². The third-order valence-electron chi connectivity index (χ3n) is 5.31. The van der Waals surface area contributed by atoms with Crippen molar-refractivity contribution in [2.75, 3.05) is 37.6 Å². The molecule has 1 aromatic heterocycles. The van der Waals surface area contributed by atoms with E-state index in [0.29, 0.717) is 18.7 Å². The zero-order valence-corrected chi connectivity index (χ0v) is 15.4. The van der Waals surface area contributed by atoms with Gasteiger partial charge in [0.25, 0.3) is 0 Å². The molecule has 1 aromatic carbocycles. The second kappa shape index (κ2) is 8.05. The molecule has 0 N–H and O–H groups in total. The maximum absolute atomic E-state index is 14.0. The molecule has 0 radical (unpaired) electrons. The molecule has 1 aliphatic carbocycles. The number of amides is 1. The highest BCUT2D eigenvalue weighted by Gasteiger charge is 2.34. The Morgan fingerprint density at radius 1 is 1.07 bits per heavy atom. The quantitative estimate of drug-likeness (QED) is 0.786. The van der Waals surface area contributed by atoms with Gasteiger partial charge >= 0.3 is 0 Å². The Morgan fingerprint density at radius 3 is 2.48 bits per heavy atom. The second-order valence-corrected chi connectivity index (χ2v) is 7.30. The van der Waals surface area contributed by atoms with Crippen LogP contribution in [0.25, 0.3) is 0 Å². The van der Waals surface area contributed by atoms with E-state index < -0.39 is 0 Å². The van der Waals surface area contributed by atoms with E-state index in [-0.39, 0.29) is 17.8 Å². The molecule has 2 heterocycles. The number of carbonyl (C=O) groups is 1. The van der Waals surface area contributed by atoms with E-state index in [1.807, 2.05) is 35.4 Å². The van der Waals surface area contributed by atoms with Gasteiger partial charge in [-0.25, -0.2) is 9.37 Å². The highest BCUT2D eigenvalue weighted by Crippen LogP contribution is 2.29. The van der Waals surface area contributed by atoms with Gasteiger partial charge in [0.05, 0.1) is 6.54 Å². The molecule has 0 atom stereocenters. The predicted octanol–water partition coefficient (Wildman–Crippen LogP) is 2.53. The summed E-state index contributed by atoms with van der Waals surface area (Å²) in [6.45, 7) is 4.16. The summed E-state index contributed by atoms with van der Waals surface area (Å²) in [7, 11) is 0. The van der Waals surface area contributed by atoms with Gasteiger partial charge in [0.15, 0.2) is 0 Å². The van der Waals surface area contributed by atoms with Crippen molar-refractivity contribution in [1.82, 2.24) is 14.8 Å². The Hall–Kier alpha value is -2.47. The van der Waals surface area contributed by atoms with Gasteiger partial charge < -0.3 is 9.80 Å². The van der Waals surface area contributed by atoms with Crippen molar-refractivity contribution in [3.05, 3.63) is 60.0 Å². The maximum Gasteiger partial charge on any atom is 0.237 e. The first-order valence-electron chi connectivity index (χ1n) is 9.62. The van der Waals surface area contributed by atoms with Crippen molar-refractivity contribution >= 4 is 11.7 Å². The topological polar surface area (TPSA) is 39.7 Å². The number of hydrogen-bond donors (Lipinski definition) is 0. The molecule has 0 unspecified atom stereocenters. The van der Waals surface area contributed by atoms with Crippen molar-refractivity contribution in [2.45, 2.75) is 25.4 Å². The largest absolute Gasteiger partial charge is 0.354 e. The molecular weight excluding hydrogens is 343 g/mol. The molecule has 1 saturated carbocycles. The summed E-state index contributed by atoms with van der Waals surface area (Å²) in [4.78, 5) is 23.6. The summed E-state index contributed by atoms with van der Waals surface area (Å²) < 4.78 is 14.0. The highest BCUT2D eigenvalue weighted by molar-refractivity contribution is 5.79. The molecule has 1 aliphatic heterocycles. The van der Waals surface area contributed by atoms with Gasteiger partial charge in [0.2, 0.25) is 5.91 Å². The van der Waals surface area contributed by atoms with Crippen LogP contribution in [-0.2, 0) is 11.3 Å². The first kappa shape index (κ1) is 17.9. The molecule has 5 nitrogen and oxygen atoms in total. The molecule has 0 bridgehead atoms. The van der Waals surface area contributed by atoms with Crippen LogP contribution in [0.5, 0.6) is 0 Å². The average Bonchev–Trinajstić information content (AvgIpc) is 3.53. The fourth-order valence-corrected chi connectivity index (χ4v) is 3.58. The molecular formula is C21H25FN4O. The minimum absolute atomic E-state index is 0.104. The van der Waals surface area contributed by atoms with Gasteiger partial charge in [-0.1, -0.05) is 24.3 Å². The van der Waals surface area contributed by atoms with Gasteiger partial charge in [-0.05, 0) is 31.0 Å². The molecule has 1 saturated heterocycles.